The van der Waals surface area contributed by atoms with E-state index >= 15 is 0 Å². The highest BCUT2D eigenvalue weighted by molar-refractivity contribution is 7.29. The van der Waals surface area contributed by atoms with Crippen LogP contribution >= 0.6 is 22.7 Å². The molecule has 0 amide bonds. The summed E-state index contributed by atoms with van der Waals surface area (Å²) in [6.07, 6.45) is 0. The first-order valence-corrected chi connectivity index (χ1v) is 10.6. The molecule has 0 atom stereocenters. The lowest BCUT2D eigenvalue weighted by Gasteiger charge is -1.96. The molecule has 7 aromatic rings. The van der Waals surface area contributed by atoms with E-state index in [0.29, 0.717) is 0 Å². The van der Waals surface area contributed by atoms with Gasteiger partial charge < -0.3 is 4.42 Å². The first-order valence-electron chi connectivity index (χ1n) is 8.95. The van der Waals surface area contributed by atoms with Crippen LogP contribution in [0.25, 0.3) is 62.3 Å². The van der Waals surface area contributed by atoms with Crippen LogP contribution < -0.4 is 0 Å². The van der Waals surface area contributed by atoms with Crippen molar-refractivity contribution < 1.29 is 4.42 Å². The molecular weight excluding hydrogens is 368 g/mol. The number of benzene rings is 4. The number of para-hydroxylation sites is 1. The first kappa shape index (κ1) is 14.2. The molecule has 126 valence electrons. The van der Waals surface area contributed by atoms with E-state index in [1.54, 1.807) is 0 Å². The maximum absolute atomic E-state index is 6.37. The zero-order chi connectivity index (χ0) is 17.5. The van der Waals surface area contributed by atoms with Gasteiger partial charge in [-0.2, -0.15) is 0 Å². The molecule has 0 N–H and O–H groups in total. The van der Waals surface area contributed by atoms with E-state index < -0.39 is 0 Å². The lowest BCUT2D eigenvalue weighted by Crippen LogP contribution is -1.71. The number of rotatable bonds is 0. The zero-order valence-corrected chi connectivity index (χ0v) is 15.8. The summed E-state index contributed by atoms with van der Waals surface area (Å²) in [6, 6.07) is 26.0. The average molecular weight is 380 g/mol. The molecule has 0 bridgehead atoms. The summed E-state index contributed by atoms with van der Waals surface area (Å²) >= 11 is 3.75. The van der Waals surface area contributed by atoms with Crippen molar-refractivity contribution in [3.63, 3.8) is 0 Å². The predicted molar refractivity (Wildman–Crippen MR) is 119 cm³/mol. The molecule has 0 radical (unpaired) electrons. The summed E-state index contributed by atoms with van der Waals surface area (Å²) in [6.45, 7) is 0. The van der Waals surface area contributed by atoms with Gasteiger partial charge in [-0.1, -0.05) is 42.5 Å². The topological polar surface area (TPSA) is 13.1 Å². The third kappa shape index (κ3) is 1.73. The molecule has 0 aliphatic carbocycles. The van der Waals surface area contributed by atoms with Gasteiger partial charge in [-0.15, -0.1) is 22.7 Å². The molecule has 0 fully saturated rings. The van der Waals surface area contributed by atoms with Crippen LogP contribution in [0.5, 0.6) is 0 Å². The fourth-order valence-corrected chi connectivity index (χ4v) is 6.74. The minimum absolute atomic E-state index is 0.961. The monoisotopic (exact) mass is 380 g/mol. The second-order valence-electron chi connectivity index (χ2n) is 6.93. The Morgan fingerprint density at radius 3 is 2.19 bits per heavy atom. The fourth-order valence-electron chi connectivity index (χ4n) is 4.30. The third-order valence-corrected chi connectivity index (χ3v) is 7.81. The van der Waals surface area contributed by atoms with Crippen LogP contribution in [0.3, 0.4) is 0 Å². The van der Waals surface area contributed by atoms with Gasteiger partial charge in [-0.05, 0) is 30.3 Å². The number of thiophene rings is 2. The maximum atomic E-state index is 6.37. The molecule has 0 unspecified atom stereocenters. The Morgan fingerprint density at radius 1 is 0.519 bits per heavy atom. The van der Waals surface area contributed by atoms with E-state index in [9.17, 15) is 0 Å². The second-order valence-corrected chi connectivity index (χ2v) is 9.07. The third-order valence-electron chi connectivity index (χ3n) is 5.49. The van der Waals surface area contributed by atoms with Crippen molar-refractivity contribution in [2.75, 3.05) is 0 Å². The summed E-state index contributed by atoms with van der Waals surface area (Å²) in [7, 11) is 0. The predicted octanol–water partition coefficient (Wildman–Crippen LogP) is 8.32. The largest absolute Gasteiger partial charge is 0.455 e. The second kappa shape index (κ2) is 4.89. The SMILES string of the molecule is c1ccc2c(c1)oc1c2ccc2sc3ccc4c5ccccc5sc4c3c21. The molecule has 0 saturated carbocycles. The lowest BCUT2D eigenvalue weighted by molar-refractivity contribution is 0.673. The van der Waals surface area contributed by atoms with Crippen LogP contribution in [0.1, 0.15) is 0 Å². The zero-order valence-electron chi connectivity index (χ0n) is 14.2. The molecule has 7 rings (SSSR count). The van der Waals surface area contributed by atoms with Crippen LogP contribution in [-0.2, 0) is 0 Å². The van der Waals surface area contributed by atoms with Crippen LogP contribution in [-0.4, -0.2) is 0 Å². The van der Waals surface area contributed by atoms with Gasteiger partial charge in [0.2, 0.25) is 0 Å². The summed E-state index contributed by atoms with van der Waals surface area (Å²) < 4.78 is 11.7. The van der Waals surface area contributed by atoms with Crippen LogP contribution in [0.4, 0.5) is 0 Å². The molecule has 0 aliphatic heterocycles. The molecular formula is C24H12OS2. The highest BCUT2D eigenvalue weighted by atomic mass is 32.1. The van der Waals surface area contributed by atoms with E-state index in [0.717, 1.165) is 11.2 Å². The van der Waals surface area contributed by atoms with Crippen molar-refractivity contribution in [1.29, 1.82) is 0 Å². The van der Waals surface area contributed by atoms with Crippen LogP contribution in [0.2, 0.25) is 0 Å². The molecule has 4 aromatic carbocycles. The minimum Gasteiger partial charge on any atom is -0.455 e. The van der Waals surface area contributed by atoms with Gasteiger partial charge in [-0.3, -0.25) is 0 Å². The Labute approximate surface area is 162 Å². The summed E-state index contributed by atoms with van der Waals surface area (Å²) in [5.74, 6) is 0. The highest BCUT2D eigenvalue weighted by Crippen LogP contribution is 2.47. The Kier molecular flexibility index (Phi) is 2.57. The molecule has 0 saturated heterocycles. The van der Waals surface area contributed by atoms with Crippen molar-refractivity contribution in [2.45, 2.75) is 0 Å². The van der Waals surface area contributed by atoms with Crippen molar-refractivity contribution in [2.24, 2.45) is 0 Å². The standard InChI is InChI=1S/C24H12OS2/c1-3-7-17-13(5-1)15-9-11-19-21(23(15)25-17)22-20(26-19)12-10-16-14-6-2-4-8-18(14)27-24(16)22/h1-12H. The molecule has 0 aliphatic rings. The quantitative estimate of drug-likeness (QED) is 0.258. The average Bonchev–Trinajstić information content (AvgIpc) is 3.37. The van der Waals surface area contributed by atoms with E-state index in [-0.39, 0.29) is 0 Å². The van der Waals surface area contributed by atoms with E-state index in [2.05, 4.69) is 66.7 Å². The smallest absolute Gasteiger partial charge is 0.144 e. The maximum Gasteiger partial charge on any atom is 0.144 e. The highest BCUT2D eigenvalue weighted by Gasteiger charge is 2.18. The Hall–Kier alpha value is -2.88. The first-order chi connectivity index (χ1) is 13.4. The van der Waals surface area contributed by atoms with Crippen LogP contribution in [0.15, 0.2) is 77.2 Å². The molecule has 3 heteroatoms. The number of fused-ring (bicyclic) bond motifs is 11. The molecule has 0 spiro atoms. The van der Waals surface area contributed by atoms with Gasteiger partial charge in [-0.25, -0.2) is 0 Å². The number of hydrogen-bond acceptors (Lipinski definition) is 3. The Balaban J connectivity index is 1.81. The van der Waals surface area contributed by atoms with Gasteiger partial charge in [0.25, 0.3) is 0 Å². The molecule has 3 heterocycles. The van der Waals surface area contributed by atoms with Crippen molar-refractivity contribution in [1.82, 2.24) is 0 Å². The summed E-state index contributed by atoms with van der Waals surface area (Å²) in [5.41, 5.74) is 1.98. The van der Waals surface area contributed by atoms with Gasteiger partial charge >= 0.3 is 0 Å². The van der Waals surface area contributed by atoms with Gasteiger partial charge in [0, 0.05) is 51.1 Å². The summed E-state index contributed by atoms with van der Waals surface area (Å²) in [4.78, 5) is 0. The van der Waals surface area contributed by atoms with Crippen LogP contribution in [0, 0.1) is 0 Å². The lowest BCUT2D eigenvalue weighted by atomic mass is 10.1. The van der Waals surface area contributed by atoms with Gasteiger partial charge in [0.15, 0.2) is 0 Å². The molecule has 3 aromatic heterocycles. The van der Waals surface area contributed by atoms with Gasteiger partial charge in [0.1, 0.15) is 11.2 Å². The summed E-state index contributed by atoms with van der Waals surface area (Å²) in [5, 5.41) is 7.69. The Bertz CT molecular complexity index is 1550. The molecule has 1 nitrogen and oxygen atoms in total. The number of hydrogen-bond donors (Lipinski definition) is 0. The van der Waals surface area contributed by atoms with Gasteiger partial charge in [0.05, 0.1) is 0 Å². The molecule has 27 heavy (non-hydrogen) atoms. The normalized spacial score (nSPS) is 12.4. The van der Waals surface area contributed by atoms with Crippen molar-refractivity contribution in [3.8, 4) is 0 Å². The fraction of sp³-hybridized carbons (Fsp3) is 0. The van der Waals surface area contributed by atoms with E-state index in [1.165, 1.54) is 51.1 Å². The van der Waals surface area contributed by atoms with E-state index in [1.807, 2.05) is 28.7 Å². The van der Waals surface area contributed by atoms with E-state index in [4.69, 9.17) is 4.42 Å². The van der Waals surface area contributed by atoms with Crippen molar-refractivity contribution in [3.05, 3.63) is 72.8 Å². The number of furan rings is 1. The minimum atomic E-state index is 0.961. The van der Waals surface area contributed by atoms with Crippen molar-refractivity contribution >= 4 is 85.0 Å². The Morgan fingerprint density at radius 2 is 1.26 bits per heavy atom.